The quantitative estimate of drug-likeness (QED) is 0.245. The van der Waals surface area contributed by atoms with Crippen LogP contribution in [0, 0.1) is 27.7 Å². The van der Waals surface area contributed by atoms with Gasteiger partial charge in [0.1, 0.15) is 5.00 Å². The lowest BCUT2D eigenvalue weighted by atomic mass is 9.94. The lowest BCUT2D eigenvalue weighted by Crippen LogP contribution is -2.40. The van der Waals surface area contributed by atoms with Crippen molar-refractivity contribution in [1.82, 2.24) is 9.47 Å². The standard InChI is InChI=1S/C30H33N3O3S2/c1-18-16-22(20(3)32(18)28-26(29(35)36-5)19(2)21(4)37-28)17-25-27(34)33(24-14-10-7-11-15-24)30(38-25)31-23-12-8-6-9-13-23/h6,8-9,12-13,16-17,24H,7,10-11,14-15H2,1-5H3/b25-17-,31-30?. The Balaban J connectivity index is 1.55. The molecule has 2 fully saturated rings. The van der Waals surface area contributed by atoms with Crippen molar-refractivity contribution >= 4 is 51.9 Å². The second-order valence-electron chi connectivity index (χ2n) is 9.92. The van der Waals surface area contributed by atoms with Crippen LogP contribution in [0.15, 0.2) is 46.3 Å². The number of amides is 1. The Morgan fingerprint density at radius 3 is 2.47 bits per heavy atom. The van der Waals surface area contributed by atoms with Gasteiger partial charge in [-0.15, -0.1) is 11.3 Å². The number of methoxy groups -OCH3 is 1. The van der Waals surface area contributed by atoms with Crippen LogP contribution < -0.4 is 0 Å². The van der Waals surface area contributed by atoms with Crippen LogP contribution in [-0.4, -0.2) is 39.7 Å². The number of nitrogens with zero attached hydrogens (tertiary/aromatic N) is 3. The van der Waals surface area contributed by atoms with Crippen LogP contribution in [0.5, 0.6) is 0 Å². The maximum Gasteiger partial charge on any atom is 0.341 e. The van der Waals surface area contributed by atoms with E-state index in [-0.39, 0.29) is 17.9 Å². The van der Waals surface area contributed by atoms with Crippen LogP contribution in [-0.2, 0) is 9.53 Å². The van der Waals surface area contributed by atoms with Crippen molar-refractivity contribution < 1.29 is 14.3 Å². The van der Waals surface area contributed by atoms with E-state index in [0.717, 1.165) is 68.9 Å². The number of aromatic nitrogens is 1. The maximum absolute atomic E-state index is 13.8. The predicted octanol–water partition coefficient (Wildman–Crippen LogP) is 7.50. The zero-order chi connectivity index (χ0) is 27.0. The monoisotopic (exact) mass is 547 g/mol. The summed E-state index contributed by atoms with van der Waals surface area (Å²) in [5.41, 5.74) is 5.33. The highest BCUT2D eigenvalue weighted by Crippen LogP contribution is 2.40. The summed E-state index contributed by atoms with van der Waals surface area (Å²) in [5, 5.41) is 1.61. The fraction of sp³-hybridized carbons (Fsp3) is 0.367. The molecule has 0 spiro atoms. The van der Waals surface area contributed by atoms with Gasteiger partial charge in [0.2, 0.25) is 0 Å². The Morgan fingerprint density at radius 2 is 1.79 bits per heavy atom. The lowest BCUT2D eigenvalue weighted by molar-refractivity contribution is -0.124. The number of benzene rings is 1. The van der Waals surface area contributed by atoms with Gasteiger partial charge in [0, 0.05) is 22.3 Å². The van der Waals surface area contributed by atoms with E-state index in [2.05, 4.69) is 10.6 Å². The van der Waals surface area contributed by atoms with Crippen molar-refractivity contribution in [3.05, 3.63) is 74.3 Å². The first-order chi connectivity index (χ1) is 18.3. The van der Waals surface area contributed by atoms with Gasteiger partial charge in [-0.2, -0.15) is 0 Å². The third kappa shape index (κ3) is 4.87. The highest BCUT2D eigenvalue weighted by Gasteiger charge is 2.39. The molecule has 2 aromatic heterocycles. The van der Waals surface area contributed by atoms with Crippen LogP contribution >= 0.6 is 23.1 Å². The second-order valence-corrected chi connectivity index (χ2v) is 12.1. The summed E-state index contributed by atoms with van der Waals surface area (Å²) in [5.74, 6) is -0.305. The third-order valence-electron chi connectivity index (χ3n) is 7.47. The normalized spacial score (nSPS) is 18.7. The minimum atomic E-state index is -0.333. The van der Waals surface area contributed by atoms with Crippen molar-refractivity contribution in [2.75, 3.05) is 7.11 Å². The zero-order valence-electron chi connectivity index (χ0n) is 22.5. The first kappa shape index (κ1) is 26.5. The molecule has 1 aromatic carbocycles. The van der Waals surface area contributed by atoms with Crippen LogP contribution in [0.1, 0.15) is 69.9 Å². The number of carbonyl (C=O) groups excluding carboxylic acids is 2. The van der Waals surface area contributed by atoms with Crippen molar-refractivity contribution in [2.45, 2.75) is 65.8 Å². The molecule has 1 amide bonds. The van der Waals surface area contributed by atoms with Gasteiger partial charge >= 0.3 is 5.97 Å². The number of para-hydroxylation sites is 1. The molecule has 8 heteroatoms. The van der Waals surface area contributed by atoms with Crippen LogP contribution in [0.2, 0.25) is 0 Å². The smallest absolute Gasteiger partial charge is 0.341 e. The molecule has 0 radical (unpaired) electrons. The Kier molecular flexibility index (Phi) is 7.63. The van der Waals surface area contributed by atoms with Gasteiger partial charge in [-0.25, -0.2) is 9.79 Å². The molecule has 1 saturated carbocycles. The molecule has 0 bridgehead atoms. The SMILES string of the molecule is COC(=O)c1c(-n2c(C)cc(/C=C3\SC(=Nc4ccccc4)N(C4CCCCC4)C3=O)c2C)sc(C)c1C. The number of thioether (sulfide) groups is 1. The Hall–Kier alpha value is -3.10. The van der Waals surface area contributed by atoms with Gasteiger partial charge in [0.05, 0.1) is 23.3 Å². The van der Waals surface area contributed by atoms with Gasteiger partial charge in [-0.1, -0.05) is 37.5 Å². The molecule has 3 aromatic rings. The van der Waals surface area contributed by atoms with Gasteiger partial charge in [0.25, 0.3) is 5.91 Å². The van der Waals surface area contributed by atoms with Gasteiger partial charge in [-0.05, 0) is 87.7 Å². The van der Waals surface area contributed by atoms with E-state index in [0.29, 0.717) is 10.5 Å². The van der Waals surface area contributed by atoms with Crippen molar-refractivity contribution in [2.24, 2.45) is 4.99 Å². The summed E-state index contributed by atoms with van der Waals surface area (Å²) in [4.78, 5) is 35.0. The fourth-order valence-electron chi connectivity index (χ4n) is 5.34. The molecule has 198 valence electrons. The van der Waals surface area contributed by atoms with Gasteiger partial charge < -0.3 is 9.30 Å². The summed E-state index contributed by atoms with van der Waals surface area (Å²) < 4.78 is 7.21. The van der Waals surface area contributed by atoms with Crippen LogP contribution in [0.3, 0.4) is 0 Å². The molecule has 0 atom stereocenters. The van der Waals surface area contributed by atoms with Crippen molar-refractivity contribution in [3.63, 3.8) is 0 Å². The first-order valence-corrected chi connectivity index (χ1v) is 14.7. The van der Waals surface area contributed by atoms with Gasteiger partial charge in [-0.3, -0.25) is 9.69 Å². The number of aryl methyl sites for hydroxylation is 2. The molecular formula is C30H33N3O3S2. The summed E-state index contributed by atoms with van der Waals surface area (Å²) in [6, 6.07) is 12.1. The topological polar surface area (TPSA) is 63.9 Å². The van der Waals surface area contributed by atoms with E-state index in [9.17, 15) is 9.59 Å². The Bertz CT molecular complexity index is 1440. The van der Waals surface area contributed by atoms with E-state index >= 15 is 0 Å². The molecule has 38 heavy (non-hydrogen) atoms. The largest absolute Gasteiger partial charge is 0.465 e. The molecule has 1 aliphatic heterocycles. The van der Waals surface area contributed by atoms with E-state index in [1.165, 1.54) is 25.3 Å². The molecule has 5 rings (SSSR count). The number of ether oxygens (including phenoxy) is 1. The number of aliphatic imine (C=N–C) groups is 1. The molecule has 1 aliphatic carbocycles. The third-order valence-corrected chi connectivity index (χ3v) is 9.65. The highest BCUT2D eigenvalue weighted by molar-refractivity contribution is 8.18. The summed E-state index contributed by atoms with van der Waals surface area (Å²) in [6.45, 7) is 8.04. The molecule has 0 unspecified atom stereocenters. The number of thiophene rings is 1. The van der Waals surface area contributed by atoms with E-state index < -0.39 is 0 Å². The zero-order valence-corrected chi connectivity index (χ0v) is 24.2. The number of amidine groups is 1. The average Bonchev–Trinajstić information content (AvgIpc) is 3.49. The Morgan fingerprint density at radius 1 is 1.08 bits per heavy atom. The first-order valence-electron chi connectivity index (χ1n) is 13.0. The number of hydrogen-bond donors (Lipinski definition) is 0. The number of esters is 1. The summed E-state index contributed by atoms with van der Waals surface area (Å²) in [7, 11) is 1.42. The maximum atomic E-state index is 13.8. The molecular weight excluding hydrogens is 514 g/mol. The fourth-order valence-corrected chi connectivity index (χ4v) is 7.64. The van der Waals surface area contributed by atoms with E-state index in [1.54, 1.807) is 11.3 Å². The Labute approximate surface area is 232 Å². The molecule has 2 aliphatic rings. The van der Waals surface area contributed by atoms with E-state index in [1.807, 2.05) is 69.0 Å². The number of hydrogen-bond acceptors (Lipinski definition) is 6. The minimum Gasteiger partial charge on any atom is -0.465 e. The number of rotatable bonds is 5. The van der Waals surface area contributed by atoms with Crippen molar-refractivity contribution in [3.8, 4) is 5.00 Å². The average molecular weight is 548 g/mol. The van der Waals surface area contributed by atoms with Crippen LogP contribution in [0.25, 0.3) is 11.1 Å². The highest BCUT2D eigenvalue weighted by atomic mass is 32.2. The molecule has 3 heterocycles. The van der Waals surface area contributed by atoms with E-state index in [4.69, 9.17) is 9.73 Å². The molecule has 6 nitrogen and oxygen atoms in total. The summed E-state index contributed by atoms with van der Waals surface area (Å²) in [6.07, 6.45) is 7.51. The molecule has 0 N–H and O–H groups in total. The molecule has 1 saturated heterocycles. The second kappa shape index (κ2) is 10.9. The summed E-state index contributed by atoms with van der Waals surface area (Å²) >= 11 is 3.04. The van der Waals surface area contributed by atoms with Gasteiger partial charge in [0.15, 0.2) is 5.17 Å². The number of carbonyl (C=O) groups is 2. The lowest BCUT2D eigenvalue weighted by Gasteiger charge is -2.30. The predicted molar refractivity (Wildman–Crippen MR) is 157 cm³/mol. The minimum absolute atomic E-state index is 0.0273. The van der Waals surface area contributed by atoms with Crippen LogP contribution in [0.4, 0.5) is 5.69 Å². The van der Waals surface area contributed by atoms with Crippen molar-refractivity contribution in [1.29, 1.82) is 0 Å².